The number of hydrogen-bond donors (Lipinski definition) is 2. The van der Waals surface area contributed by atoms with Gasteiger partial charge in [0.05, 0.1) is 48.5 Å². The predicted molar refractivity (Wildman–Crippen MR) is 139 cm³/mol. The summed E-state index contributed by atoms with van der Waals surface area (Å²) in [5.41, 5.74) is -1.58. The van der Waals surface area contributed by atoms with E-state index in [1.165, 1.54) is 6.26 Å². The lowest BCUT2D eigenvalue weighted by Gasteiger charge is -2.36. The van der Waals surface area contributed by atoms with Gasteiger partial charge in [0.25, 0.3) is 0 Å². The van der Waals surface area contributed by atoms with E-state index >= 15 is 4.39 Å². The first-order chi connectivity index (χ1) is 18.3. The molecule has 3 saturated heterocycles. The number of hydrogen-bond acceptors (Lipinski definition) is 9. The van der Waals surface area contributed by atoms with Crippen LogP contribution in [-0.2, 0) is 23.8 Å². The second-order valence-electron chi connectivity index (χ2n) is 12.3. The first kappa shape index (κ1) is 29.8. The summed E-state index contributed by atoms with van der Waals surface area (Å²) in [7, 11) is 0. The fourth-order valence-electron chi connectivity index (χ4n) is 5.56. The fraction of sp³-hybridized carbons (Fsp3) is 0.759. The first-order valence-corrected chi connectivity index (χ1v) is 14.0. The molecule has 3 aliphatic rings. The van der Waals surface area contributed by atoms with Gasteiger partial charge in [-0.2, -0.15) is 0 Å². The average Bonchev–Trinajstić information content (AvgIpc) is 3.76. The van der Waals surface area contributed by atoms with E-state index in [9.17, 15) is 19.8 Å². The monoisotopic (exact) mass is 551 g/mol. The molecular weight excluding hydrogens is 509 g/mol. The van der Waals surface area contributed by atoms with Crippen LogP contribution in [0.25, 0.3) is 6.08 Å². The molecule has 4 heterocycles. The summed E-state index contributed by atoms with van der Waals surface area (Å²) in [6.45, 7) is 9.30. The van der Waals surface area contributed by atoms with Gasteiger partial charge in [-0.05, 0) is 38.5 Å². The highest BCUT2D eigenvalue weighted by molar-refractivity contribution is 5.88. The highest BCUT2D eigenvalue weighted by Gasteiger charge is 2.53. The van der Waals surface area contributed by atoms with E-state index in [0.29, 0.717) is 38.2 Å². The molecule has 3 aliphatic heterocycles. The zero-order valence-corrected chi connectivity index (χ0v) is 23.5. The minimum absolute atomic E-state index is 0.0913. The van der Waals surface area contributed by atoms with Crippen LogP contribution >= 0.6 is 0 Å². The highest BCUT2D eigenvalue weighted by atomic mass is 19.1. The van der Waals surface area contributed by atoms with Crippen molar-refractivity contribution in [2.45, 2.75) is 116 Å². The molecule has 1 aromatic rings. The number of nitrogens with zero attached hydrogens (tertiary/aromatic N) is 1. The van der Waals surface area contributed by atoms with Crippen LogP contribution in [0.2, 0.25) is 0 Å². The zero-order chi connectivity index (χ0) is 28.5. The molecule has 0 aromatic carbocycles. The van der Waals surface area contributed by atoms with Crippen LogP contribution in [0.3, 0.4) is 0 Å². The van der Waals surface area contributed by atoms with E-state index in [-0.39, 0.29) is 36.0 Å². The van der Waals surface area contributed by atoms with Gasteiger partial charge in [-0.25, -0.2) is 9.37 Å². The molecular formula is C29H42FNO8. The Morgan fingerprint density at radius 2 is 1.95 bits per heavy atom. The lowest BCUT2D eigenvalue weighted by molar-refractivity contribution is -0.155. The molecule has 0 bridgehead atoms. The van der Waals surface area contributed by atoms with Gasteiger partial charge >= 0.3 is 5.97 Å². The number of epoxide rings is 2. The minimum atomic E-state index is -1.39. The third-order valence-corrected chi connectivity index (χ3v) is 8.66. The molecule has 1 aromatic heterocycles. The van der Waals surface area contributed by atoms with Gasteiger partial charge < -0.3 is 28.8 Å². The van der Waals surface area contributed by atoms with E-state index in [1.54, 1.807) is 20.8 Å². The van der Waals surface area contributed by atoms with Crippen molar-refractivity contribution < 1.29 is 42.8 Å². The van der Waals surface area contributed by atoms with Gasteiger partial charge in [-0.15, -0.1) is 0 Å². The van der Waals surface area contributed by atoms with Gasteiger partial charge in [-0.3, -0.25) is 9.59 Å². The molecule has 0 spiro atoms. The summed E-state index contributed by atoms with van der Waals surface area (Å²) in [5, 5.41) is 22.3. The van der Waals surface area contributed by atoms with Crippen molar-refractivity contribution in [3.8, 4) is 0 Å². The van der Waals surface area contributed by atoms with Crippen molar-refractivity contribution in [2.75, 3.05) is 6.61 Å². The summed E-state index contributed by atoms with van der Waals surface area (Å²) in [6.07, 6.45) is 1.48. The summed E-state index contributed by atoms with van der Waals surface area (Å²) in [5.74, 6) is -2.35. The van der Waals surface area contributed by atoms with Crippen molar-refractivity contribution in [1.82, 2.24) is 4.98 Å². The Labute approximate surface area is 229 Å². The largest absolute Gasteiger partial charge is 0.455 e. The molecule has 10 heteroatoms. The Morgan fingerprint density at radius 3 is 2.59 bits per heavy atom. The van der Waals surface area contributed by atoms with Crippen LogP contribution in [-0.4, -0.2) is 69.7 Å². The van der Waals surface area contributed by atoms with E-state index in [2.05, 4.69) is 4.98 Å². The Kier molecular flexibility index (Phi) is 9.00. The molecule has 4 rings (SSSR count). The van der Waals surface area contributed by atoms with Crippen LogP contribution in [0.15, 0.2) is 16.5 Å². The number of carbonyl (C=O) groups is 2. The van der Waals surface area contributed by atoms with Crippen molar-refractivity contribution in [3.05, 3.63) is 23.7 Å². The maximum absolute atomic E-state index is 15.4. The number of fused-ring (bicyclic) bond motifs is 1. The summed E-state index contributed by atoms with van der Waals surface area (Å²) >= 11 is 0. The van der Waals surface area contributed by atoms with Crippen molar-refractivity contribution in [3.63, 3.8) is 0 Å². The third-order valence-electron chi connectivity index (χ3n) is 8.66. The summed E-state index contributed by atoms with van der Waals surface area (Å²) in [6, 6.07) is 0. The number of aliphatic hydroxyl groups excluding tert-OH is 2. The lowest BCUT2D eigenvalue weighted by atomic mass is 9.71. The second-order valence-corrected chi connectivity index (χ2v) is 12.3. The fourth-order valence-corrected chi connectivity index (χ4v) is 5.56. The van der Waals surface area contributed by atoms with Gasteiger partial charge in [0.1, 0.15) is 23.6 Å². The van der Waals surface area contributed by atoms with Gasteiger partial charge in [0.2, 0.25) is 0 Å². The molecule has 0 saturated carbocycles. The maximum Gasteiger partial charge on any atom is 0.309 e. The van der Waals surface area contributed by atoms with Crippen molar-refractivity contribution in [2.24, 2.45) is 17.3 Å². The molecule has 0 amide bonds. The zero-order valence-electron chi connectivity index (χ0n) is 23.5. The Bertz CT molecular complexity index is 1070. The maximum atomic E-state index is 15.4. The van der Waals surface area contributed by atoms with Crippen LogP contribution < -0.4 is 0 Å². The van der Waals surface area contributed by atoms with Gasteiger partial charge in [0, 0.05) is 25.3 Å². The molecule has 8 unspecified atom stereocenters. The highest BCUT2D eigenvalue weighted by Crippen LogP contribution is 2.45. The molecule has 218 valence electrons. The second kappa shape index (κ2) is 11.8. The van der Waals surface area contributed by atoms with Gasteiger partial charge in [-0.1, -0.05) is 27.2 Å². The number of aryl methyl sites for hydroxylation is 1. The predicted octanol–water partition coefficient (Wildman–Crippen LogP) is 4.08. The van der Waals surface area contributed by atoms with Crippen LogP contribution in [0, 0.1) is 24.2 Å². The number of cyclic esters (lactones) is 1. The van der Waals surface area contributed by atoms with Crippen molar-refractivity contribution >= 4 is 17.8 Å². The number of aliphatic hydroxyl groups is 2. The first-order valence-electron chi connectivity index (χ1n) is 14.0. The number of oxazole rings is 1. The molecule has 2 N–H and O–H groups in total. The van der Waals surface area contributed by atoms with Crippen LogP contribution in [0.1, 0.15) is 84.2 Å². The number of Topliss-reactive ketones (excluding diaryl/α,β-unsaturated/α-hetero) is 1. The lowest BCUT2D eigenvalue weighted by Crippen LogP contribution is -2.47. The molecule has 3 fully saturated rings. The van der Waals surface area contributed by atoms with E-state index in [1.807, 2.05) is 13.8 Å². The number of rotatable bonds is 5. The molecule has 8 atom stereocenters. The topological polar surface area (TPSA) is 135 Å². The number of aromatic nitrogens is 1. The smallest absolute Gasteiger partial charge is 0.309 e. The van der Waals surface area contributed by atoms with E-state index in [0.717, 1.165) is 12.5 Å². The molecule has 9 nitrogen and oxygen atoms in total. The SMILES string of the molecule is Cc1nc(C=C(F)C2CC3OC3(C)CCCC(C)C(O)C(CCC3CO3)C(=O)C(C)(C)C(O)CC(=O)O2)co1. The molecule has 0 radical (unpaired) electrons. The number of esters is 1. The van der Waals surface area contributed by atoms with Crippen molar-refractivity contribution in [1.29, 1.82) is 0 Å². The van der Waals surface area contributed by atoms with E-state index < -0.39 is 53.5 Å². The number of ketones is 1. The Morgan fingerprint density at radius 1 is 1.23 bits per heavy atom. The molecule has 39 heavy (non-hydrogen) atoms. The minimum Gasteiger partial charge on any atom is -0.455 e. The molecule has 0 aliphatic carbocycles. The Balaban J connectivity index is 1.57. The summed E-state index contributed by atoms with van der Waals surface area (Å²) < 4.78 is 37.3. The van der Waals surface area contributed by atoms with E-state index in [4.69, 9.17) is 18.6 Å². The number of halogens is 1. The number of carbonyl (C=O) groups excluding carboxylic acids is 2. The van der Waals surface area contributed by atoms with Crippen LogP contribution in [0.4, 0.5) is 4.39 Å². The van der Waals surface area contributed by atoms with Crippen LogP contribution in [0.5, 0.6) is 0 Å². The average molecular weight is 552 g/mol. The van der Waals surface area contributed by atoms with Gasteiger partial charge in [0.15, 0.2) is 12.0 Å². The number of ether oxygens (including phenoxy) is 3. The summed E-state index contributed by atoms with van der Waals surface area (Å²) in [4.78, 5) is 30.8. The Hall–Kier alpha value is -2.14. The third kappa shape index (κ3) is 7.34. The normalized spacial score (nSPS) is 38.2. The standard InChI is InChI=1S/C29H42FNO8/c1-16-7-6-10-29(5)24(39-29)12-22(21(30)11-18-14-36-17(2)31-18)38-25(33)13-23(32)28(3,4)27(35)20(26(16)34)9-8-19-15-37-19/h11,14,16,19-20,22-24,26,32,34H,6-10,12-13,15H2,1-5H3. The quantitative estimate of drug-likeness (QED) is 0.410.